The van der Waals surface area contributed by atoms with Crippen molar-refractivity contribution in [3.63, 3.8) is 0 Å². The second-order valence-electron chi connectivity index (χ2n) is 5.11. The van der Waals surface area contributed by atoms with Crippen molar-refractivity contribution in [1.82, 2.24) is 5.32 Å². The second-order valence-corrected chi connectivity index (χ2v) is 7.70. The molecular weight excluding hydrogens is 272 g/mol. The zero-order valence-corrected chi connectivity index (χ0v) is 11.8. The molecule has 1 heterocycles. The Balaban J connectivity index is 2.02. The van der Waals surface area contributed by atoms with Crippen LogP contribution in [0.4, 0.5) is 5.69 Å². The predicted molar refractivity (Wildman–Crippen MR) is 74.4 cm³/mol. The maximum absolute atomic E-state index is 11.5. The lowest BCUT2D eigenvalue weighted by Crippen LogP contribution is -2.42. The molecule has 0 saturated carbocycles. The number of rotatable bonds is 3. The quantitative estimate of drug-likeness (QED) is 0.829. The van der Waals surface area contributed by atoms with Gasteiger partial charge in [0.15, 0.2) is 9.84 Å². The minimum Gasteiger partial charge on any atom is -0.398 e. The molecule has 1 unspecified atom stereocenters. The molecule has 6 heteroatoms. The second kappa shape index (κ2) is 4.72. The summed E-state index contributed by atoms with van der Waals surface area (Å²) < 4.78 is 23.0. The average molecular weight is 289 g/mol. The van der Waals surface area contributed by atoms with Crippen LogP contribution in [0.2, 0.25) is 5.02 Å². The first kappa shape index (κ1) is 13.6. The van der Waals surface area contributed by atoms with E-state index in [1.54, 1.807) is 6.07 Å². The van der Waals surface area contributed by atoms with Gasteiger partial charge in [0, 0.05) is 12.1 Å². The summed E-state index contributed by atoms with van der Waals surface area (Å²) in [6.07, 6.45) is 0.651. The number of nitrogens with one attached hydrogen (secondary N) is 1. The summed E-state index contributed by atoms with van der Waals surface area (Å²) >= 11 is 5.85. The first-order valence-electron chi connectivity index (χ1n) is 5.79. The van der Waals surface area contributed by atoms with Gasteiger partial charge in [0.2, 0.25) is 0 Å². The van der Waals surface area contributed by atoms with Crippen LogP contribution in [0.3, 0.4) is 0 Å². The number of benzene rings is 1. The number of nitrogen functional groups attached to an aromatic ring is 1. The molecule has 1 atom stereocenters. The van der Waals surface area contributed by atoms with E-state index in [2.05, 4.69) is 5.32 Å². The van der Waals surface area contributed by atoms with Crippen LogP contribution in [0.1, 0.15) is 18.9 Å². The average Bonchev–Trinajstić information content (AvgIpc) is 2.56. The molecule has 1 fully saturated rings. The minimum absolute atomic E-state index is 0.197. The van der Waals surface area contributed by atoms with Gasteiger partial charge in [0.1, 0.15) is 0 Å². The Morgan fingerprint density at radius 3 is 2.78 bits per heavy atom. The summed E-state index contributed by atoms with van der Waals surface area (Å²) in [6.45, 7) is 2.53. The molecule has 18 heavy (non-hydrogen) atoms. The summed E-state index contributed by atoms with van der Waals surface area (Å²) in [5.74, 6) is 0.461. The largest absolute Gasteiger partial charge is 0.398 e. The molecule has 0 amide bonds. The summed E-state index contributed by atoms with van der Waals surface area (Å²) in [7, 11) is -2.88. The fourth-order valence-electron chi connectivity index (χ4n) is 2.17. The van der Waals surface area contributed by atoms with Crippen LogP contribution >= 0.6 is 11.6 Å². The van der Waals surface area contributed by atoms with Gasteiger partial charge in [-0.3, -0.25) is 0 Å². The SMILES string of the molecule is CC1(NCc2ccc(Cl)c(N)c2)CCS(=O)(=O)C1. The van der Waals surface area contributed by atoms with Crippen molar-refractivity contribution in [2.24, 2.45) is 0 Å². The van der Waals surface area contributed by atoms with Crippen molar-refractivity contribution in [3.05, 3.63) is 28.8 Å². The van der Waals surface area contributed by atoms with Crippen molar-refractivity contribution in [2.75, 3.05) is 17.2 Å². The van der Waals surface area contributed by atoms with E-state index >= 15 is 0 Å². The van der Waals surface area contributed by atoms with Crippen LogP contribution in [0.5, 0.6) is 0 Å². The van der Waals surface area contributed by atoms with Crippen LogP contribution < -0.4 is 11.1 Å². The molecule has 1 aromatic rings. The number of halogens is 1. The molecule has 0 spiro atoms. The molecule has 2 rings (SSSR count). The van der Waals surface area contributed by atoms with Gasteiger partial charge in [-0.1, -0.05) is 17.7 Å². The Bertz CT molecular complexity index is 559. The highest BCUT2D eigenvalue weighted by molar-refractivity contribution is 7.91. The smallest absolute Gasteiger partial charge is 0.152 e. The molecule has 1 aromatic carbocycles. The number of nitrogens with two attached hydrogens (primary N) is 1. The lowest BCUT2D eigenvalue weighted by molar-refractivity contribution is 0.395. The summed E-state index contributed by atoms with van der Waals surface area (Å²) in [6, 6.07) is 5.45. The molecule has 1 aliphatic rings. The molecule has 4 nitrogen and oxygen atoms in total. The third-order valence-electron chi connectivity index (χ3n) is 3.28. The standard InChI is InChI=1S/C12H17ClN2O2S/c1-12(4-5-18(16,17)8-12)15-7-9-2-3-10(13)11(14)6-9/h2-3,6,15H,4-5,7-8,14H2,1H3. The Labute approximate surface area is 112 Å². The van der Waals surface area contributed by atoms with E-state index in [-0.39, 0.29) is 17.0 Å². The maximum atomic E-state index is 11.5. The zero-order valence-electron chi connectivity index (χ0n) is 10.2. The van der Waals surface area contributed by atoms with Crippen LogP contribution in [0.25, 0.3) is 0 Å². The Hall–Kier alpha value is -0.780. The summed E-state index contributed by atoms with van der Waals surface area (Å²) in [4.78, 5) is 0. The van der Waals surface area contributed by atoms with Crippen molar-refractivity contribution < 1.29 is 8.42 Å². The van der Waals surface area contributed by atoms with Crippen LogP contribution in [-0.2, 0) is 16.4 Å². The van der Waals surface area contributed by atoms with Gasteiger partial charge in [-0.2, -0.15) is 0 Å². The first-order valence-corrected chi connectivity index (χ1v) is 7.99. The van der Waals surface area contributed by atoms with Gasteiger partial charge < -0.3 is 11.1 Å². The van der Waals surface area contributed by atoms with E-state index < -0.39 is 9.84 Å². The zero-order chi connectivity index (χ0) is 13.4. The molecule has 0 bridgehead atoms. The van der Waals surface area contributed by atoms with E-state index in [0.29, 0.717) is 23.7 Å². The highest BCUT2D eigenvalue weighted by Crippen LogP contribution is 2.24. The van der Waals surface area contributed by atoms with Crippen molar-refractivity contribution in [3.8, 4) is 0 Å². The summed E-state index contributed by atoms with van der Waals surface area (Å²) in [5.41, 5.74) is 6.93. The third-order valence-corrected chi connectivity index (χ3v) is 5.53. The highest BCUT2D eigenvalue weighted by atomic mass is 35.5. The fourth-order valence-corrected chi connectivity index (χ4v) is 4.41. The van der Waals surface area contributed by atoms with Gasteiger partial charge >= 0.3 is 0 Å². The van der Waals surface area contributed by atoms with Crippen LogP contribution in [-0.4, -0.2) is 25.5 Å². The topological polar surface area (TPSA) is 72.2 Å². The number of sulfone groups is 1. The van der Waals surface area contributed by atoms with Gasteiger partial charge in [0.25, 0.3) is 0 Å². The van der Waals surface area contributed by atoms with Gasteiger partial charge in [-0.05, 0) is 31.0 Å². The molecule has 100 valence electrons. The molecule has 3 N–H and O–H groups in total. The predicted octanol–water partition coefficient (Wildman–Crippen LogP) is 1.59. The minimum atomic E-state index is -2.88. The van der Waals surface area contributed by atoms with Gasteiger partial charge in [0.05, 0.1) is 22.2 Å². The lowest BCUT2D eigenvalue weighted by atomic mass is 10.0. The van der Waals surface area contributed by atoms with Crippen LogP contribution in [0, 0.1) is 0 Å². The van der Waals surface area contributed by atoms with E-state index in [9.17, 15) is 8.42 Å². The van der Waals surface area contributed by atoms with E-state index in [0.717, 1.165) is 5.56 Å². The monoisotopic (exact) mass is 288 g/mol. The molecule has 0 aliphatic carbocycles. The molecule has 0 aromatic heterocycles. The first-order chi connectivity index (χ1) is 8.30. The van der Waals surface area contributed by atoms with E-state index in [1.807, 2.05) is 19.1 Å². The fraction of sp³-hybridized carbons (Fsp3) is 0.500. The molecular formula is C12H17ClN2O2S. The molecule has 1 aliphatic heterocycles. The number of anilines is 1. The lowest BCUT2D eigenvalue weighted by Gasteiger charge is -2.24. The maximum Gasteiger partial charge on any atom is 0.152 e. The van der Waals surface area contributed by atoms with E-state index in [1.165, 1.54) is 0 Å². The Kier molecular flexibility index (Phi) is 3.58. The van der Waals surface area contributed by atoms with Crippen LogP contribution in [0.15, 0.2) is 18.2 Å². The third kappa shape index (κ3) is 3.16. The van der Waals surface area contributed by atoms with E-state index in [4.69, 9.17) is 17.3 Å². The summed E-state index contributed by atoms with van der Waals surface area (Å²) in [5, 5.41) is 3.83. The normalized spacial score (nSPS) is 26.3. The van der Waals surface area contributed by atoms with Gasteiger partial charge in [-0.25, -0.2) is 8.42 Å². The van der Waals surface area contributed by atoms with Crippen molar-refractivity contribution in [1.29, 1.82) is 0 Å². The van der Waals surface area contributed by atoms with Crippen molar-refractivity contribution in [2.45, 2.75) is 25.4 Å². The Morgan fingerprint density at radius 1 is 1.50 bits per heavy atom. The molecule has 1 saturated heterocycles. The Morgan fingerprint density at radius 2 is 2.22 bits per heavy atom. The highest BCUT2D eigenvalue weighted by Gasteiger charge is 2.37. The number of hydrogen-bond acceptors (Lipinski definition) is 4. The number of hydrogen-bond donors (Lipinski definition) is 2. The van der Waals surface area contributed by atoms with Crippen molar-refractivity contribution >= 4 is 27.1 Å². The molecule has 0 radical (unpaired) electrons. The van der Waals surface area contributed by atoms with Gasteiger partial charge in [-0.15, -0.1) is 0 Å².